The molecule has 0 bridgehead atoms. The highest BCUT2D eigenvalue weighted by atomic mass is 16.5. The van der Waals surface area contributed by atoms with Gasteiger partial charge in [-0.3, -0.25) is 0 Å². The van der Waals surface area contributed by atoms with Crippen molar-refractivity contribution in [3.05, 3.63) is 60.2 Å². The van der Waals surface area contributed by atoms with E-state index in [0.29, 0.717) is 37.6 Å². The van der Waals surface area contributed by atoms with Crippen molar-refractivity contribution in [3.8, 4) is 11.5 Å². The van der Waals surface area contributed by atoms with Crippen molar-refractivity contribution in [1.29, 1.82) is 0 Å². The third-order valence-corrected chi connectivity index (χ3v) is 4.69. The Balaban J connectivity index is 1.77. The first-order valence-corrected chi connectivity index (χ1v) is 10.6. The summed E-state index contributed by atoms with van der Waals surface area (Å²) < 4.78 is 11.5. The summed E-state index contributed by atoms with van der Waals surface area (Å²) in [4.78, 5) is 23.4. The number of ether oxygens (including phenoxy) is 2. The second-order valence-corrected chi connectivity index (χ2v) is 7.51. The molecular weight excluding hydrogens is 396 g/mol. The van der Waals surface area contributed by atoms with Gasteiger partial charge in [0.05, 0.1) is 6.61 Å². The van der Waals surface area contributed by atoms with Crippen LogP contribution in [0.5, 0.6) is 11.5 Å². The number of para-hydroxylation sites is 1. The Morgan fingerprint density at radius 3 is 2.19 bits per heavy atom. The Morgan fingerprint density at radius 2 is 1.58 bits per heavy atom. The van der Waals surface area contributed by atoms with Gasteiger partial charge < -0.3 is 25.2 Å². The van der Waals surface area contributed by atoms with Crippen molar-refractivity contribution >= 4 is 12.0 Å². The standard InChI is InChI=1S/C24H32N2O5/c1-3-4-15-25-23(29)26-16-8-17-30-20-13-11-19(12-14-20)18-24(2,22(27)28)31-21-9-6-5-7-10-21/h5-7,9-14H,3-4,8,15-18H2,1-2H3,(H,27,28)(H2,25,26,29)/t24-/m0/s1. The normalized spacial score (nSPS) is 12.5. The van der Waals surface area contributed by atoms with Gasteiger partial charge in [0.2, 0.25) is 5.60 Å². The molecular formula is C24H32N2O5. The molecule has 1 atom stereocenters. The maximum Gasteiger partial charge on any atom is 0.348 e. The van der Waals surface area contributed by atoms with E-state index in [9.17, 15) is 14.7 Å². The molecule has 0 aliphatic heterocycles. The molecule has 2 aromatic rings. The molecule has 0 aliphatic rings. The van der Waals surface area contributed by atoms with Crippen LogP contribution in [0.2, 0.25) is 0 Å². The summed E-state index contributed by atoms with van der Waals surface area (Å²) in [5.74, 6) is 0.181. The number of nitrogens with one attached hydrogen (secondary N) is 2. The van der Waals surface area contributed by atoms with E-state index in [4.69, 9.17) is 9.47 Å². The first-order valence-electron chi connectivity index (χ1n) is 10.6. The fraction of sp³-hybridized carbons (Fsp3) is 0.417. The maximum atomic E-state index is 11.8. The molecule has 0 heterocycles. The molecule has 0 aromatic heterocycles. The van der Waals surface area contributed by atoms with Crippen molar-refractivity contribution in [3.63, 3.8) is 0 Å². The van der Waals surface area contributed by atoms with Crippen molar-refractivity contribution in [2.24, 2.45) is 0 Å². The zero-order chi connectivity index (χ0) is 22.5. The number of aliphatic carboxylic acids is 1. The Hall–Kier alpha value is -3.22. The summed E-state index contributed by atoms with van der Waals surface area (Å²) in [7, 11) is 0. The molecule has 0 spiro atoms. The van der Waals surface area contributed by atoms with Gasteiger partial charge in [0.25, 0.3) is 0 Å². The zero-order valence-electron chi connectivity index (χ0n) is 18.2. The van der Waals surface area contributed by atoms with E-state index in [1.54, 1.807) is 31.2 Å². The van der Waals surface area contributed by atoms with E-state index < -0.39 is 11.6 Å². The number of amides is 2. The van der Waals surface area contributed by atoms with Crippen LogP contribution < -0.4 is 20.1 Å². The minimum absolute atomic E-state index is 0.156. The van der Waals surface area contributed by atoms with Crippen molar-refractivity contribution in [1.82, 2.24) is 10.6 Å². The molecule has 2 aromatic carbocycles. The van der Waals surface area contributed by atoms with Crippen molar-refractivity contribution in [2.45, 2.75) is 45.1 Å². The Bertz CT molecular complexity index is 810. The number of carbonyl (C=O) groups excluding carboxylic acids is 1. The van der Waals surface area contributed by atoms with Crippen LogP contribution in [-0.4, -0.2) is 42.4 Å². The van der Waals surface area contributed by atoms with Crippen LogP contribution in [0.4, 0.5) is 4.79 Å². The van der Waals surface area contributed by atoms with Crippen LogP contribution in [0.15, 0.2) is 54.6 Å². The van der Waals surface area contributed by atoms with Crippen molar-refractivity contribution in [2.75, 3.05) is 19.7 Å². The summed E-state index contributed by atoms with van der Waals surface area (Å²) in [6.45, 7) is 5.33. The second kappa shape index (κ2) is 12.5. The number of unbranched alkanes of at least 4 members (excludes halogenated alkanes) is 1. The van der Waals surface area contributed by atoms with Crippen LogP contribution >= 0.6 is 0 Å². The van der Waals surface area contributed by atoms with Crippen molar-refractivity contribution < 1.29 is 24.2 Å². The van der Waals surface area contributed by atoms with Gasteiger partial charge in [-0.2, -0.15) is 0 Å². The summed E-state index contributed by atoms with van der Waals surface area (Å²) >= 11 is 0. The highest BCUT2D eigenvalue weighted by molar-refractivity contribution is 5.78. The third-order valence-electron chi connectivity index (χ3n) is 4.69. The lowest BCUT2D eigenvalue weighted by molar-refractivity contribution is -0.153. The topological polar surface area (TPSA) is 96.9 Å². The highest BCUT2D eigenvalue weighted by Gasteiger charge is 2.36. The van der Waals surface area contributed by atoms with Gasteiger partial charge in [-0.1, -0.05) is 43.7 Å². The number of carboxylic acid groups (broad SMARTS) is 1. The summed E-state index contributed by atoms with van der Waals surface area (Å²) in [6.07, 6.45) is 2.92. The second-order valence-electron chi connectivity index (χ2n) is 7.51. The molecule has 0 radical (unpaired) electrons. The van der Waals surface area contributed by atoms with E-state index in [1.807, 2.05) is 30.3 Å². The van der Waals surface area contributed by atoms with Gasteiger partial charge in [-0.05, 0) is 49.6 Å². The Labute approximate surface area is 183 Å². The maximum absolute atomic E-state index is 11.8. The molecule has 0 aliphatic carbocycles. The number of carboxylic acids is 1. The molecule has 0 saturated carbocycles. The number of urea groups is 1. The largest absolute Gasteiger partial charge is 0.494 e. The predicted octanol–water partition coefficient (Wildman–Crippen LogP) is 4.02. The number of benzene rings is 2. The molecule has 0 saturated heterocycles. The molecule has 3 N–H and O–H groups in total. The number of carbonyl (C=O) groups is 2. The van der Waals surface area contributed by atoms with Gasteiger partial charge in [-0.25, -0.2) is 9.59 Å². The third kappa shape index (κ3) is 8.58. The monoisotopic (exact) mass is 428 g/mol. The van der Waals surface area contributed by atoms with Crippen LogP contribution in [0.25, 0.3) is 0 Å². The fourth-order valence-corrected chi connectivity index (χ4v) is 2.90. The zero-order valence-corrected chi connectivity index (χ0v) is 18.2. The summed E-state index contributed by atoms with van der Waals surface area (Å²) in [6, 6.07) is 16.1. The van der Waals surface area contributed by atoms with Crippen LogP contribution in [0, 0.1) is 0 Å². The summed E-state index contributed by atoms with van der Waals surface area (Å²) in [5.41, 5.74) is -0.550. The first-order chi connectivity index (χ1) is 14.9. The fourth-order valence-electron chi connectivity index (χ4n) is 2.90. The highest BCUT2D eigenvalue weighted by Crippen LogP contribution is 2.24. The van der Waals surface area contributed by atoms with Gasteiger partial charge in [0.1, 0.15) is 11.5 Å². The smallest absolute Gasteiger partial charge is 0.348 e. The number of hydrogen-bond acceptors (Lipinski definition) is 4. The van der Waals surface area contributed by atoms with E-state index in [0.717, 1.165) is 18.4 Å². The molecule has 2 amide bonds. The Kier molecular flexibility index (Phi) is 9.68. The first kappa shape index (κ1) is 24.1. The lowest BCUT2D eigenvalue weighted by Gasteiger charge is -2.26. The number of hydrogen-bond donors (Lipinski definition) is 3. The lowest BCUT2D eigenvalue weighted by Crippen LogP contribution is -2.43. The van der Waals surface area contributed by atoms with Crippen LogP contribution in [0.1, 0.15) is 38.7 Å². The molecule has 0 unspecified atom stereocenters. The van der Waals surface area contributed by atoms with Crippen LogP contribution in [-0.2, 0) is 11.2 Å². The van der Waals surface area contributed by atoms with Gasteiger partial charge in [0.15, 0.2) is 0 Å². The van der Waals surface area contributed by atoms with Crippen LogP contribution in [0.3, 0.4) is 0 Å². The van der Waals surface area contributed by atoms with E-state index in [-0.39, 0.29) is 12.5 Å². The van der Waals surface area contributed by atoms with E-state index in [1.165, 1.54) is 0 Å². The molecule has 7 heteroatoms. The SMILES string of the molecule is CCCCNC(=O)NCCCOc1ccc(C[C@](C)(Oc2ccccc2)C(=O)O)cc1. The minimum atomic E-state index is -1.38. The predicted molar refractivity (Wildman–Crippen MR) is 120 cm³/mol. The molecule has 7 nitrogen and oxygen atoms in total. The molecule has 0 fully saturated rings. The van der Waals surface area contributed by atoms with E-state index in [2.05, 4.69) is 17.6 Å². The molecule has 2 rings (SSSR count). The lowest BCUT2D eigenvalue weighted by atomic mass is 9.96. The van der Waals surface area contributed by atoms with Gasteiger partial charge >= 0.3 is 12.0 Å². The average Bonchev–Trinajstić information content (AvgIpc) is 2.75. The summed E-state index contributed by atoms with van der Waals surface area (Å²) in [5, 5.41) is 15.3. The van der Waals surface area contributed by atoms with E-state index >= 15 is 0 Å². The van der Waals surface area contributed by atoms with Gasteiger partial charge in [0, 0.05) is 19.5 Å². The quantitative estimate of drug-likeness (QED) is 0.419. The average molecular weight is 429 g/mol. The minimum Gasteiger partial charge on any atom is -0.494 e. The van der Waals surface area contributed by atoms with Gasteiger partial charge in [-0.15, -0.1) is 0 Å². The number of rotatable bonds is 13. The molecule has 168 valence electrons. The Morgan fingerprint density at radius 1 is 0.935 bits per heavy atom. The molecule has 31 heavy (non-hydrogen) atoms.